The lowest BCUT2D eigenvalue weighted by Crippen LogP contribution is -2.41. The van der Waals surface area contributed by atoms with Crippen LogP contribution in [0.4, 0.5) is 5.69 Å². The summed E-state index contributed by atoms with van der Waals surface area (Å²) in [5.74, 6) is 1.58. The molecule has 0 fully saturated rings. The predicted molar refractivity (Wildman–Crippen MR) is 123 cm³/mol. The number of nitrogens with zero attached hydrogens (tertiary/aromatic N) is 3. The molecule has 0 bridgehead atoms. The van der Waals surface area contributed by atoms with Gasteiger partial charge in [0.05, 0.1) is 12.6 Å². The molecule has 1 aromatic heterocycles. The van der Waals surface area contributed by atoms with Crippen LogP contribution in [0.25, 0.3) is 0 Å². The molecule has 0 spiro atoms. The van der Waals surface area contributed by atoms with Crippen LogP contribution in [0.2, 0.25) is 0 Å². The number of fused-ring (bicyclic) bond motifs is 1. The summed E-state index contributed by atoms with van der Waals surface area (Å²) < 4.78 is 7.47. The van der Waals surface area contributed by atoms with Gasteiger partial charge >= 0.3 is 0 Å². The first kappa shape index (κ1) is 21.2. The minimum atomic E-state index is -0.417. The van der Waals surface area contributed by atoms with Gasteiger partial charge in [0.1, 0.15) is 11.0 Å². The monoisotopic (exact) mass is 437 g/mol. The van der Waals surface area contributed by atoms with Gasteiger partial charge in [0.2, 0.25) is 11.1 Å². The molecule has 0 aliphatic carbocycles. The summed E-state index contributed by atoms with van der Waals surface area (Å²) in [6, 6.07) is 13.6. The molecule has 0 radical (unpaired) electrons. The van der Waals surface area contributed by atoms with E-state index in [9.17, 15) is 4.79 Å². The van der Waals surface area contributed by atoms with Gasteiger partial charge in [-0.05, 0) is 55.7 Å². The second-order valence-corrected chi connectivity index (χ2v) is 8.58. The zero-order valence-electron chi connectivity index (χ0n) is 18.2. The van der Waals surface area contributed by atoms with Crippen molar-refractivity contribution in [3.63, 3.8) is 0 Å². The minimum Gasteiger partial charge on any atom is -0.494 e. The molecular weight excluding hydrogens is 410 g/mol. The number of carbonyl (C=O) groups is 1. The first-order chi connectivity index (χ1) is 15.0. The van der Waals surface area contributed by atoms with Crippen molar-refractivity contribution in [3.05, 3.63) is 65.0 Å². The Morgan fingerprint density at radius 1 is 1.16 bits per heavy atom. The van der Waals surface area contributed by atoms with Crippen molar-refractivity contribution in [2.75, 3.05) is 17.3 Å². The maximum Gasteiger partial charge on any atom is 0.240 e. The van der Waals surface area contributed by atoms with Crippen LogP contribution in [0.1, 0.15) is 42.4 Å². The average Bonchev–Trinajstić information content (AvgIpc) is 3.19. The fraction of sp³-hybridized carbons (Fsp3) is 0.348. The average molecular weight is 438 g/mol. The van der Waals surface area contributed by atoms with Crippen molar-refractivity contribution in [1.82, 2.24) is 14.9 Å². The highest BCUT2D eigenvalue weighted by Crippen LogP contribution is 2.38. The Balaban J connectivity index is 1.66. The molecule has 7 nitrogen and oxygen atoms in total. The molecule has 4 rings (SSSR count). The number of benzene rings is 2. The molecule has 2 atom stereocenters. The Bertz CT molecular complexity index is 1080. The molecule has 1 aliphatic rings. The fourth-order valence-electron chi connectivity index (χ4n) is 3.61. The van der Waals surface area contributed by atoms with Crippen LogP contribution >= 0.6 is 11.8 Å². The van der Waals surface area contributed by atoms with Crippen LogP contribution in [0, 0.1) is 13.8 Å². The lowest BCUT2D eigenvalue weighted by molar-refractivity contribution is -0.116. The van der Waals surface area contributed by atoms with Gasteiger partial charge in [-0.1, -0.05) is 43.0 Å². The van der Waals surface area contributed by atoms with E-state index in [0.717, 1.165) is 40.4 Å². The van der Waals surface area contributed by atoms with Crippen LogP contribution in [-0.2, 0) is 11.2 Å². The van der Waals surface area contributed by atoms with E-state index in [-0.39, 0.29) is 11.9 Å². The van der Waals surface area contributed by atoms with E-state index in [4.69, 9.17) is 4.74 Å². The molecular formula is C23H27N5O2S. The molecule has 162 valence electrons. The predicted octanol–water partition coefficient (Wildman–Crippen LogP) is 4.25. The van der Waals surface area contributed by atoms with Crippen molar-refractivity contribution in [1.29, 1.82) is 0 Å². The van der Waals surface area contributed by atoms with Crippen LogP contribution in [-0.4, -0.2) is 32.6 Å². The molecule has 8 heteroatoms. The summed E-state index contributed by atoms with van der Waals surface area (Å²) in [5.41, 5.74) is 7.52. The number of hydrogen-bond donors (Lipinski definition) is 2. The number of aryl methyl sites for hydroxylation is 2. The number of thioether (sulfide) groups is 1. The molecule has 0 unspecified atom stereocenters. The lowest BCUT2D eigenvalue weighted by atomic mass is 10.0. The number of rotatable bonds is 6. The van der Waals surface area contributed by atoms with Crippen LogP contribution in [0.5, 0.6) is 5.75 Å². The Hall–Kier alpha value is -3.00. The number of ether oxygens (including phenoxy) is 1. The molecule has 3 aromatic rings. The molecule has 2 aromatic carbocycles. The van der Waals surface area contributed by atoms with E-state index in [0.29, 0.717) is 11.8 Å². The zero-order valence-corrected chi connectivity index (χ0v) is 19.0. The first-order valence-corrected chi connectivity index (χ1v) is 11.4. The van der Waals surface area contributed by atoms with Crippen LogP contribution < -0.4 is 15.5 Å². The van der Waals surface area contributed by atoms with Crippen molar-refractivity contribution >= 4 is 23.4 Å². The van der Waals surface area contributed by atoms with E-state index in [1.54, 1.807) is 0 Å². The zero-order chi connectivity index (χ0) is 22.0. The topological polar surface area (TPSA) is 81.1 Å². The van der Waals surface area contributed by atoms with Crippen molar-refractivity contribution in [3.8, 4) is 5.75 Å². The second-order valence-electron chi connectivity index (χ2n) is 7.47. The molecule has 2 heterocycles. The third-order valence-electron chi connectivity index (χ3n) is 5.49. The maximum absolute atomic E-state index is 13.4. The number of nitrogens with one attached hydrogen (secondary N) is 2. The van der Waals surface area contributed by atoms with Gasteiger partial charge in [0.25, 0.3) is 0 Å². The largest absolute Gasteiger partial charge is 0.494 e. The normalized spacial score (nSPS) is 17.5. The maximum atomic E-state index is 13.4. The fourth-order valence-corrected chi connectivity index (χ4v) is 4.70. The van der Waals surface area contributed by atoms with Crippen LogP contribution in [0.3, 0.4) is 0 Å². The Morgan fingerprint density at radius 3 is 2.65 bits per heavy atom. The summed E-state index contributed by atoms with van der Waals surface area (Å²) in [4.78, 5) is 13.4. The molecule has 0 saturated carbocycles. The van der Waals surface area contributed by atoms with E-state index < -0.39 is 5.25 Å². The molecule has 2 N–H and O–H groups in total. The van der Waals surface area contributed by atoms with E-state index in [1.807, 2.05) is 74.8 Å². The summed E-state index contributed by atoms with van der Waals surface area (Å²) in [6.07, 6.45) is 0.746. The number of carbonyl (C=O) groups excluding carboxylic acids is 1. The summed E-state index contributed by atoms with van der Waals surface area (Å²) in [5, 5.41) is 11.9. The van der Waals surface area contributed by atoms with Gasteiger partial charge in [-0.25, -0.2) is 4.68 Å². The first-order valence-electron chi connectivity index (χ1n) is 10.5. The number of anilines is 1. The highest BCUT2D eigenvalue weighted by atomic mass is 32.2. The van der Waals surface area contributed by atoms with Gasteiger partial charge in [-0.15, -0.1) is 10.2 Å². The highest BCUT2D eigenvalue weighted by molar-refractivity contribution is 8.00. The smallest absolute Gasteiger partial charge is 0.240 e. The number of amides is 1. The van der Waals surface area contributed by atoms with Gasteiger partial charge in [-0.3, -0.25) is 4.79 Å². The molecule has 1 aliphatic heterocycles. The Labute approximate surface area is 186 Å². The van der Waals surface area contributed by atoms with Gasteiger partial charge in [0, 0.05) is 12.1 Å². The number of hydrogen-bond acceptors (Lipinski definition) is 6. The quantitative estimate of drug-likeness (QED) is 0.600. The standard InChI is InChI=1S/C23H27N5O2S/c1-5-19-25-26-23-28(19)27-20(16-10-12-17(13-11-16)30-6-2)21(31-23)22(29)24-18-9-7-8-14(3)15(18)4/h7-13,20-21,27H,5-6H2,1-4H3,(H,24,29)/t20-,21+/m0/s1. The van der Waals surface area contributed by atoms with E-state index >= 15 is 0 Å². The summed E-state index contributed by atoms with van der Waals surface area (Å²) in [6.45, 7) is 8.67. The summed E-state index contributed by atoms with van der Waals surface area (Å²) >= 11 is 1.43. The number of aromatic nitrogens is 3. The highest BCUT2D eigenvalue weighted by Gasteiger charge is 2.37. The molecule has 31 heavy (non-hydrogen) atoms. The Kier molecular flexibility index (Phi) is 6.18. The van der Waals surface area contributed by atoms with Gasteiger partial charge in [0.15, 0.2) is 5.82 Å². The third kappa shape index (κ3) is 4.25. The SMILES string of the molecule is CCOc1ccc([C@@H]2Nn3c(CC)nnc3S[C@H]2C(=O)Nc2cccc(C)c2C)cc1. The second kappa shape index (κ2) is 9.01. The van der Waals surface area contributed by atoms with E-state index in [2.05, 4.69) is 20.9 Å². The minimum absolute atomic E-state index is 0.0719. The molecule has 1 amide bonds. The van der Waals surface area contributed by atoms with E-state index in [1.165, 1.54) is 11.8 Å². The van der Waals surface area contributed by atoms with Gasteiger partial charge < -0.3 is 15.5 Å². The van der Waals surface area contributed by atoms with Crippen LogP contribution in [0.15, 0.2) is 47.6 Å². The lowest BCUT2D eigenvalue weighted by Gasteiger charge is -2.33. The molecule has 0 saturated heterocycles. The summed E-state index contributed by atoms with van der Waals surface area (Å²) in [7, 11) is 0. The van der Waals surface area contributed by atoms with Crippen molar-refractivity contribution < 1.29 is 9.53 Å². The van der Waals surface area contributed by atoms with Crippen molar-refractivity contribution in [2.24, 2.45) is 0 Å². The van der Waals surface area contributed by atoms with Crippen molar-refractivity contribution in [2.45, 2.75) is 50.6 Å². The third-order valence-corrected chi connectivity index (χ3v) is 6.71. The Morgan fingerprint density at radius 2 is 1.94 bits per heavy atom. The van der Waals surface area contributed by atoms with Gasteiger partial charge in [-0.2, -0.15) is 0 Å².